The second-order valence-corrected chi connectivity index (χ2v) is 7.90. The van der Waals surface area contributed by atoms with Crippen LogP contribution >= 0.6 is 0 Å². The van der Waals surface area contributed by atoms with Crippen molar-refractivity contribution in [1.29, 1.82) is 0 Å². The van der Waals surface area contributed by atoms with Crippen LogP contribution in [0.1, 0.15) is 56.5 Å². The number of aromatic nitrogens is 3. The summed E-state index contributed by atoms with van der Waals surface area (Å²) in [5.74, 6) is -2.50. The molecule has 154 valence electrons. The van der Waals surface area contributed by atoms with Crippen LogP contribution in [0.4, 0.5) is 8.78 Å². The molecule has 3 rings (SSSR count). The molecule has 0 fully saturated rings. The molecule has 29 heavy (non-hydrogen) atoms. The highest BCUT2D eigenvalue weighted by Crippen LogP contribution is 2.22. The highest BCUT2D eigenvalue weighted by atomic mass is 19.3. The van der Waals surface area contributed by atoms with Gasteiger partial charge in [0.25, 0.3) is 5.92 Å². The van der Waals surface area contributed by atoms with Gasteiger partial charge in [0.15, 0.2) is 0 Å². The zero-order valence-electron chi connectivity index (χ0n) is 17.1. The fourth-order valence-corrected chi connectivity index (χ4v) is 3.19. The van der Waals surface area contributed by atoms with Gasteiger partial charge in [-0.1, -0.05) is 38.1 Å². The molecule has 1 amide bonds. The number of amides is 1. The normalized spacial score (nSPS) is 13.1. The molecule has 0 saturated carbocycles. The first-order chi connectivity index (χ1) is 13.6. The van der Waals surface area contributed by atoms with E-state index in [2.05, 4.69) is 29.2 Å². The minimum absolute atomic E-state index is 0.0991. The topological polar surface area (TPSA) is 59.8 Å². The maximum Gasteiger partial charge on any atom is 0.264 e. The Labute approximate surface area is 169 Å². The summed E-state index contributed by atoms with van der Waals surface area (Å²) in [5.41, 5.74) is 3.38. The SMILES string of the molecule is CC(C)c1ccc(CC(=O)NC(C)c2cc3cnn(CC(C)(F)F)c3cn2)cc1. The third-order valence-electron chi connectivity index (χ3n) is 4.81. The Balaban J connectivity index is 1.66. The molecule has 5 nitrogen and oxygen atoms in total. The predicted octanol–water partition coefficient (Wildman–Crippen LogP) is 4.63. The first kappa shape index (κ1) is 20.9. The predicted molar refractivity (Wildman–Crippen MR) is 109 cm³/mol. The van der Waals surface area contributed by atoms with E-state index in [0.717, 1.165) is 12.5 Å². The lowest BCUT2D eigenvalue weighted by Gasteiger charge is -2.14. The summed E-state index contributed by atoms with van der Waals surface area (Å²) < 4.78 is 27.8. The molecule has 0 spiro atoms. The van der Waals surface area contributed by atoms with E-state index < -0.39 is 12.5 Å². The van der Waals surface area contributed by atoms with Gasteiger partial charge in [-0.25, -0.2) is 8.78 Å². The number of pyridine rings is 1. The molecule has 0 radical (unpaired) electrons. The number of nitrogens with zero attached hydrogens (tertiary/aromatic N) is 3. The molecule has 0 bridgehead atoms. The van der Waals surface area contributed by atoms with Gasteiger partial charge in [-0.2, -0.15) is 5.10 Å². The van der Waals surface area contributed by atoms with Gasteiger partial charge in [-0.05, 0) is 30.0 Å². The number of hydrogen-bond donors (Lipinski definition) is 1. The standard InChI is InChI=1S/C22H26F2N4O/c1-14(2)17-7-5-16(6-8-17)9-21(29)27-15(3)19-10-18-11-26-28(13-22(4,23)24)20(18)12-25-19/h5-8,10-12,14-15H,9,13H2,1-4H3,(H,27,29). The Bertz CT molecular complexity index is 990. The van der Waals surface area contributed by atoms with E-state index in [0.29, 0.717) is 22.5 Å². The molecule has 1 unspecified atom stereocenters. The maximum atomic E-state index is 13.3. The number of alkyl halides is 2. The molecule has 7 heteroatoms. The number of hydrogen-bond acceptors (Lipinski definition) is 3. The van der Waals surface area contributed by atoms with E-state index in [1.807, 2.05) is 31.2 Å². The molecule has 2 heterocycles. The lowest BCUT2D eigenvalue weighted by atomic mass is 10.0. The van der Waals surface area contributed by atoms with Gasteiger partial charge in [0.1, 0.15) is 6.54 Å². The molecule has 2 aromatic heterocycles. The van der Waals surface area contributed by atoms with Crippen molar-refractivity contribution in [2.45, 2.75) is 58.5 Å². The molecule has 0 aliphatic heterocycles. The second-order valence-electron chi connectivity index (χ2n) is 7.90. The monoisotopic (exact) mass is 400 g/mol. The molecule has 1 aromatic carbocycles. The largest absolute Gasteiger partial charge is 0.348 e. The Morgan fingerprint density at radius 2 is 1.86 bits per heavy atom. The Morgan fingerprint density at radius 1 is 1.17 bits per heavy atom. The number of carbonyl (C=O) groups is 1. The van der Waals surface area contributed by atoms with Crippen molar-refractivity contribution in [2.75, 3.05) is 0 Å². The molecule has 0 aliphatic carbocycles. The number of carbonyl (C=O) groups excluding carboxylic acids is 1. The second kappa shape index (κ2) is 8.27. The van der Waals surface area contributed by atoms with E-state index in [4.69, 9.17) is 0 Å². The van der Waals surface area contributed by atoms with E-state index in [9.17, 15) is 13.6 Å². The summed E-state index contributed by atoms with van der Waals surface area (Å²) in [7, 11) is 0. The van der Waals surface area contributed by atoms with E-state index in [1.165, 1.54) is 22.6 Å². The van der Waals surface area contributed by atoms with Crippen LogP contribution in [-0.4, -0.2) is 26.6 Å². The van der Waals surface area contributed by atoms with Gasteiger partial charge in [-0.3, -0.25) is 14.5 Å². The summed E-state index contributed by atoms with van der Waals surface area (Å²) in [5, 5.41) is 7.68. The highest BCUT2D eigenvalue weighted by Gasteiger charge is 2.23. The summed E-state index contributed by atoms with van der Waals surface area (Å²) in [4.78, 5) is 16.7. The van der Waals surface area contributed by atoms with Gasteiger partial charge in [0.2, 0.25) is 5.91 Å². The zero-order chi connectivity index (χ0) is 21.2. The van der Waals surface area contributed by atoms with E-state index in [-0.39, 0.29) is 18.4 Å². The number of benzene rings is 1. The van der Waals surface area contributed by atoms with Crippen LogP contribution < -0.4 is 5.32 Å². The average molecular weight is 400 g/mol. The van der Waals surface area contributed by atoms with E-state index >= 15 is 0 Å². The van der Waals surface area contributed by atoms with Crippen molar-refractivity contribution in [3.63, 3.8) is 0 Å². The molecule has 1 N–H and O–H groups in total. The number of nitrogens with one attached hydrogen (secondary N) is 1. The summed E-state index contributed by atoms with van der Waals surface area (Å²) in [6.07, 6.45) is 3.35. The van der Waals surface area contributed by atoms with Crippen LogP contribution in [0.15, 0.2) is 42.7 Å². The summed E-state index contributed by atoms with van der Waals surface area (Å²) >= 11 is 0. The third kappa shape index (κ3) is 5.37. The van der Waals surface area contributed by atoms with Crippen LogP contribution in [0.3, 0.4) is 0 Å². The van der Waals surface area contributed by atoms with Gasteiger partial charge in [-0.15, -0.1) is 0 Å². The Kier molecular flexibility index (Phi) is 5.96. The van der Waals surface area contributed by atoms with E-state index in [1.54, 1.807) is 6.07 Å². The van der Waals surface area contributed by atoms with Crippen molar-refractivity contribution in [3.05, 3.63) is 59.5 Å². The number of halogens is 2. The smallest absolute Gasteiger partial charge is 0.264 e. The van der Waals surface area contributed by atoms with Crippen LogP contribution in [0.25, 0.3) is 10.9 Å². The van der Waals surface area contributed by atoms with Crippen molar-refractivity contribution in [1.82, 2.24) is 20.1 Å². The molecular formula is C22H26F2N4O. The van der Waals surface area contributed by atoms with Crippen molar-refractivity contribution < 1.29 is 13.6 Å². The number of rotatable bonds is 7. The summed E-state index contributed by atoms with van der Waals surface area (Å²) in [6, 6.07) is 9.50. The molecular weight excluding hydrogens is 374 g/mol. The minimum Gasteiger partial charge on any atom is -0.348 e. The van der Waals surface area contributed by atoms with Gasteiger partial charge in [0, 0.05) is 12.3 Å². The van der Waals surface area contributed by atoms with Gasteiger partial charge >= 0.3 is 0 Å². The van der Waals surface area contributed by atoms with Gasteiger partial charge in [0.05, 0.1) is 36.1 Å². The quantitative estimate of drug-likeness (QED) is 0.629. The zero-order valence-corrected chi connectivity index (χ0v) is 17.1. The molecule has 0 saturated heterocycles. The fourth-order valence-electron chi connectivity index (χ4n) is 3.19. The lowest BCUT2D eigenvalue weighted by Crippen LogP contribution is -2.28. The lowest BCUT2D eigenvalue weighted by molar-refractivity contribution is -0.121. The van der Waals surface area contributed by atoms with Crippen molar-refractivity contribution in [2.24, 2.45) is 0 Å². The first-order valence-corrected chi connectivity index (χ1v) is 9.70. The average Bonchev–Trinajstić information content (AvgIpc) is 3.02. The molecule has 3 aromatic rings. The first-order valence-electron chi connectivity index (χ1n) is 9.70. The summed E-state index contributed by atoms with van der Waals surface area (Å²) in [6.45, 7) is 6.46. The van der Waals surface area contributed by atoms with Crippen LogP contribution in [0, 0.1) is 0 Å². The van der Waals surface area contributed by atoms with Gasteiger partial charge < -0.3 is 5.32 Å². The van der Waals surface area contributed by atoms with Crippen LogP contribution in [0.2, 0.25) is 0 Å². The Hall–Kier alpha value is -2.83. The van der Waals surface area contributed by atoms with Crippen molar-refractivity contribution in [3.8, 4) is 0 Å². The third-order valence-corrected chi connectivity index (χ3v) is 4.81. The highest BCUT2D eigenvalue weighted by molar-refractivity contribution is 5.80. The Morgan fingerprint density at radius 3 is 2.48 bits per heavy atom. The maximum absolute atomic E-state index is 13.3. The number of fused-ring (bicyclic) bond motifs is 1. The van der Waals surface area contributed by atoms with Crippen LogP contribution in [-0.2, 0) is 17.8 Å². The minimum atomic E-state index is -2.85. The molecule has 0 aliphatic rings. The van der Waals surface area contributed by atoms with Crippen molar-refractivity contribution >= 4 is 16.8 Å². The fraction of sp³-hybridized carbons (Fsp3) is 0.409. The van der Waals surface area contributed by atoms with Crippen LogP contribution in [0.5, 0.6) is 0 Å². The molecule has 1 atom stereocenters.